The van der Waals surface area contributed by atoms with Gasteiger partial charge in [0.25, 0.3) is 12.0 Å². The maximum Gasteiger partial charge on any atom is 0.278 e. The average molecular weight is 358 g/mol. The number of nitrogens with zero attached hydrogens (tertiary/aromatic N) is 5. The van der Waals surface area contributed by atoms with Gasteiger partial charge in [-0.25, -0.2) is 13.8 Å². The summed E-state index contributed by atoms with van der Waals surface area (Å²) < 4.78 is 28.9. The van der Waals surface area contributed by atoms with E-state index in [0.717, 1.165) is 10.6 Å². The number of aromatic nitrogens is 5. The van der Waals surface area contributed by atoms with Crippen molar-refractivity contribution in [3.05, 3.63) is 51.2 Å². The molecular weight excluding hydrogens is 348 g/mol. The molecule has 0 N–H and O–H groups in total. The maximum absolute atomic E-state index is 13.3. The molecule has 3 aromatic heterocycles. The third-order valence-corrected chi connectivity index (χ3v) is 3.90. The summed E-state index contributed by atoms with van der Waals surface area (Å²) in [5.41, 5.74) is -0.415. The van der Waals surface area contributed by atoms with Gasteiger partial charge in [0, 0.05) is 12.3 Å². The maximum atomic E-state index is 13.3. The summed E-state index contributed by atoms with van der Waals surface area (Å²) in [7, 11) is 0. The Balaban J connectivity index is 2.21. The second kappa shape index (κ2) is 6.25. The molecule has 3 heterocycles. The van der Waals surface area contributed by atoms with Crippen molar-refractivity contribution in [2.75, 3.05) is 6.26 Å². The van der Waals surface area contributed by atoms with Crippen LogP contribution in [-0.4, -0.2) is 30.4 Å². The van der Waals surface area contributed by atoms with E-state index in [1.807, 2.05) is 0 Å². The largest absolute Gasteiger partial charge is 0.304 e. The van der Waals surface area contributed by atoms with Crippen LogP contribution < -0.4 is 5.56 Å². The SMILES string of the molecule is CSc1nc2n(Cc3ccc(Cl)nc3)c(C(F)F)cc(=O)n2n1. The second-order valence-electron chi connectivity index (χ2n) is 4.59. The van der Waals surface area contributed by atoms with E-state index >= 15 is 0 Å². The van der Waals surface area contributed by atoms with E-state index in [-0.39, 0.29) is 12.3 Å². The van der Waals surface area contributed by atoms with Crippen LogP contribution in [0.25, 0.3) is 5.78 Å². The second-order valence-corrected chi connectivity index (χ2v) is 5.75. The number of hydrogen-bond acceptors (Lipinski definition) is 5. The zero-order valence-corrected chi connectivity index (χ0v) is 13.4. The minimum atomic E-state index is -2.82. The van der Waals surface area contributed by atoms with E-state index in [0.29, 0.717) is 15.9 Å². The van der Waals surface area contributed by atoms with Crippen molar-refractivity contribution < 1.29 is 8.78 Å². The molecule has 10 heteroatoms. The molecule has 0 spiro atoms. The fourth-order valence-corrected chi connectivity index (χ4v) is 2.55. The highest BCUT2D eigenvalue weighted by Gasteiger charge is 2.19. The molecule has 0 saturated carbocycles. The lowest BCUT2D eigenvalue weighted by atomic mass is 10.2. The van der Waals surface area contributed by atoms with E-state index in [2.05, 4.69) is 15.1 Å². The van der Waals surface area contributed by atoms with Crippen LogP contribution in [0.4, 0.5) is 8.78 Å². The molecule has 0 radical (unpaired) electrons. The summed E-state index contributed by atoms with van der Waals surface area (Å²) in [5, 5.41) is 4.64. The minimum absolute atomic E-state index is 0.0621. The zero-order valence-electron chi connectivity index (χ0n) is 11.8. The highest BCUT2D eigenvalue weighted by molar-refractivity contribution is 7.98. The van der Waals surface area contributed by atoms with E-state index < -0.39 is 17.7 Å². The molecule has 0 bridgehead atoms. The predicted octanol–water partition coefficient (Wildman–Crippen LogP) is 2.65. The van der Waals surface area contributed by atoms with Gasteiger partial charge in [-0.1, -0.05) is 29.4 Å². The van der Waals surface area contributed by atoms with Gasteiger partial charge < -0.3 is 4.57 Å². The third kappa shape index (κ3) is 3.06. The van der Waals surface area contributed by atoms with Crippen molar-refractivity contribution in [1.29, 1.82) is 0 Å². The van der Waals surface area contributed by atoms with Crippen LogP contribution in [0.5, 0.6) is 0 Å². The van der Waals surface area contributed by atoms with Crippen molar-refractivity contribution in [3.8, 4) is 0 Å². The fraction of sp³-hybridized carbons (Fsp3) is 0.231. The molecule has 3 rings (SSSR count). The Morgan fingerprint density at radius 1 is 1.39 bits per heavy atom. The molecule has 120 valence electrons. The van der Waals surface area contributed by atoms with Crippen LogP contribution in [-0.2, 0) is 6.54 Å². The molecule has 0 aliphatic carbocycles. The van der Waals surface area contributed by atoms with Crippen molar-refractivity contribution in [2.45, 2.75) is 18.1 Å². The topological polar surface area (TPSA) is 65.1 Å². The lowest BCUT2D eigenvalue weighted by Crippen LogP contribution is -2.22. The predicted molar refractivity (Wildman–Crippen MR) is 82.3 cm³/mol. The van der Waals surface area contributed by atoms with Gasteiger partial charge in [-0.05, 0) is 17.9 Å². The number of fused-ring (bicyclic) bond motifs is 1. The molecule has 0 atom stereocenters. The Morgan fingerprint density at radius 3 is 2.78 bits per heavy atom. The number of alkyl halides is 2. The zero-order chi connectivity index (χ0) is 16.6. The molecule has 0 unspecified atom stereocenters. The van der Waals surface area contributed by atoms with Crippen molar-refractivity contribution in [3.63, 3.8) is 0 Å². The van der Waals surface area contributed by atoms with Crippen molar-refractivity contribution >= 4 is 29.1 Å². The van der Waals surface area contributed by atoms with Crippen LogP contribution in [0.1, 0.15) is 17.7 Å². The molecule has 6 nitrogen and oxygen atoms in total. The highest BCUT2D eigenvalue weighted by Crippen LogP contribution is 2.21. The molecule has 0 aromatic carbocycles. The highest BCUT2D eigenvalue weighted by atomic mass is 35.5. The van der Waals surface area contributed by atoms with Gasteiger partial charge in [-0.3, -0.25) is 4.79 Å². The van der Waals surface area contributed by atoms with Crippen molar-refractivity contribution in [1.82, 2.24) is 24.1 Å². The quantitative estimate of drug-likeness (QED) is 0.530. The Bertz CT molecular complexity index is 909. The normalized spacial score (nSPS) is 11.5. The first-order valence-corrected chi connectivity index (χ1v) is 8.03. The van der Waals surface area contributed by atoms with E-state index in [1.54, 1.807) is 18.4 Å². The van der Waals surface area contributed by atoms with Crippen LogP contribution in [0.15, 0.2) is 34.3 Å². The van der Waals surface area contributed by atoms with Gasteiger partial charge >= 0.3 is 0 Å². The van der Waals surface area contributed by atoms with E-state index in [9.17, 15) is 13.6 Å². The standard InChI is InChI=1S/C13H10ClF2N5OS/c1-23-12-18-13-20(6-7-2-3-9(14)17-5-7)8(11(15)16)4-10(22)21(13)19-12/h2-5,11H,6H2,1H3. The molecular formula is C13H10ClF2N5OS. The number of thioether (sulfide) groups is 1. The summed E-state index contributed by atoms with van der Waals surface area (Å²) in [6.07, 6.45) is 0.404. The smallest absolute Gasteiger partial charge is 0.278 e. The first kappa shape index (κ1) is 15.9. The number of pyridine rings is 1. The van der Waals surface area contributed by atoms with E-state index in [1.165, 1.54) is 22.5 Å². The van der Waals surface area contributed by atoms with Gasteiger partial charge in [0.1, 0.15) is 5.15 Å². The fourth-order valence-electron chi connectivity index (χ4n) is 2.10. The lowest BCUT2D eigenvalue weighted by molar-refractivity contribution is 0.140. The molecule has 23 heavy (non-hydrogen) atoms. The van der Waals surface area contributed by atoms with Gasteiger partial charge in [0.15, 0.2) is 0 Å². The van der Waals surface area contributed by atoms with E-state index in [4.69, 9.17) is 11.6 Å². The number of hydrogen-bond donors (Lipinski definition) is 0. The third-order valence-electron chi connectivity index (χ3n) is 3.14. The summed E-state index contributed by atoms with van der Waals surface area (Å²) >= 11 is 6.95. The molecule has 0 amide bonds. The Labute approximate surface area is 138 Å². The van der Waals surface area contributed by atoms with Crippen LogP contribution in [0.2, 0.25) is 5.15 Å². The monoisotopic (exact) mass is 357 g/mol. The van der Waals surface area contributed by atoms with Crippen LogP contribution in [0, 0.1) is 0 Å². The molecule has 0 aliphatic rings. The minimum Gasteiger partial charge on any atom is -0.304 e. The molecule has 3 aromatic rings. The number of halogens is 3. The Morgan fingerprint density at radius 2 is 2.17 bits per heavy atom. The number of rotatable bonds is 4. The van der Waals surface area contributed by atoms with Crippen molar-refractivity contribution in [2.24, 2.45) is 0 Å². The summed E-state index contributed by atoms with van der Waals surface area (Å²) in [4.78, 5) is 20.0. The summed E-state index contributed by atoms with van der Waals surface area (Å²) in [5.74, 6) is 0.0621. The first-order valence-electron chi connectivity index (χ1n) is 6.42. The molecule has 0 fully saturated rings. The van der Waals surface area contributed by atoms with Crippen LogP contribution >= 0.6 is 23.4 Å². The Hall–Kier alpha value is -2.00. The van der Waals surface area contributed by atoms with Gasteiger partial charge in [-0.15, -0.1) is 5.10 Å². The average Bonchev–Trinajstić information content (AvgIpc) is 2.96. The first-order chi connectivity index (χ1) is 11.0. The Kier molecular flexibility index (Phi) is 4.31. The van der Waals surface area contributed by atoms with Gasteiger partial charge in [0.05, 0.1) is 12.2 Å². The van der Waals surface area contributed by atoms with Crippen LogP contribution in [0.3, 0.4) is 0 Å². The summed E-state index contributed by atoms with van der Waals surface area (Å²) in [6, 6.07) is 4.11. The van der Waals surface area contributed by atoms with Gasteiger partial charge in [0.2, 0.25) is 10.9 Å². The lowest BCUT2D eigenvalue weighted by Gasteiger charge is -2.13. The summed E-state index contributed by atoms with van der Waals surface area (Å²) in [6.45, 7) is 0.0696. The molecule has 0 saturated heterocycles. The van der Waals surface area contributed by atoms with Gasteiger partial charge in [-0.2, -0.15) is 9.50 Å². The molecule has 0 aliphatic heterocycles.